The van der Waals surface area contributed by atoms with Crippen LogP contribution in [0.1, 0.15) is 50.7 Å². The summed E-state index contributed by atoms with van der Waals surface area (Å²) in [4.78, 5) is 20.6. The number of hydrogen-bond donors (Lipinski definition) is 2. The number of carbonyl (C=O) groups excluding carboxylic acids is 1. The minimum Gasteiger partial charge on any atom is -0.481 e. The largest absolute Gasteiger partial charge is 0.481 e. The van der Waals surface area contributed by atoms with E-state index >= 15 is 0 Å². The zero-order valence-electron chi connectivity index (χ0n) is 16.5. The van der Waals surface area contributed by atoms with Crippen LogP contribution < -0.4 is 5.32 Å². The standard InChI is InChI=1S/C16H15NO2.C3H6O2.C3H8/c1-17-16(18)19-10-15-13-8-4-2-6-11(13)12-7-3-5-9-14(12)15;1-2-3(4)5;1-3-2/h2-9,15H,10H2,1H3,(H,17,18);2H2,1H3,(H,4,5);3H2,1-2H3. The highest BCUT2D eigenvalue weighted by Crippen LogP contribution is 2.44. The van der Waals surface area contributed by atoms with E-state index in [0.717, 1.165) is 0 Å². The van der Waals surface area contributed by atoms with E-state index in [9.17, 15) is 9.59 Å². The third-order valence-corrected chi connectivity index (χ3v) is 3.85. The average Bonchev–Trinajstić information content (AvgIpc) is 3.01. The first kappa shape index (κ1) is 22.2. The fourth-order valence-electron chi connectivity index (χ4n) is 2.67. The second-order valence-electron chi connectivity index (χ2n) is 6.03. The molecule has 0 radical (unpaired) electrons. The van der Waals surface area contributed by atoms with Gasteiger partial charge in [0, 0.05) is 19.4 Å². The van der Waals surface area contributed by atoms with E-state index < -0.39 is 5.97 Å². The fourth-order valence-corrected chi connectivity index (χ4v) is 2.67. The molecule has 1 aliphatic rings. The second-order valence-corrected chi connectivity index (χ2v) is 6.03. The summed E-state index contributed by atoms with van der Waals surface area (Å²) >= 11 is 0. The van der Waals surface area contributed by atoms with Crippen molar-refractivity contribution in [1.29, 1.82) is 0 Å². The molecule has 0 spiro atoms. The molecule has 5 heteroatoms. The van der Waals surface area contributed by atoms with Crippen LogP contribution in [0.5, 0.6) is 0 Å². The molecule has 2 N–H and O–H groups in total. The molecule has 1 amide bonds. The summed E-state index contributed by atoms with van der Waals surface area (Å²) in [5, 5.41) is 10.2. The van der Waals surface area contributed by atoms with Gasteiger partial charge in [-0.15, -0.1) is 0 Å². The topological polar surface area (TPSA) is 75.6 Å². The van der Waals surface area contributed by atoms with Crippen LogP contribution >= 0.6 is 0 Å². The van der Waals surface area contributed by atoms with E-state index in [0.29, 0.717) is 6.61 Å². The number of fused-ring (bicyclic) bond motifs is 3. The molecule has 0 aromatic heterocycles. The SMILES string of the molecule is CCC.CCC(=O)O.CNC(=O)OCC1c2ccccc2-c2ccccc21. The van der Waals surface area contributed by atoms with E-state index in [-0.39, 0.29) is 18.4 Å². The number of aliphatic carboxylic acids is 1. The third kappa shape index (κ3) is 6.44. The molecule has 2 aromatic rings. The van der Waals surface area contributed by atoms with Crippen molar-refractivity contribution in [3.05, 3.63) is 59.7 Å². The van der Waals surface area contributed by atoms with Gasteiger partial charge in [0.1, 0.15) is 6.61 Å². The van der Waals surface area contributed by atoms with Crippen LogP contribution in [-0.2, 0) is 9.53 Å². The van der Waals surface area contributed by atoms with Crippen molar-refractivity contribution in [3.8, 4) is 11.1 Å². The zero-order chi connectivity index (χ0) is 20.2. The Kier molecular flexibility index (Phi) is 9.65. The molecule has 146 valence electrons. The number of alkyl carbamates (subject to hydrolysis) is 1. The number of carboxylic acids is 1. The quantitative estimate of drug-likeness (QED) is 0.791. The number of carbonyl (C=O) groups is 2. The van der Waals surface area contributed by atoms with Gasteiger partial charge in [-0.2, -0.15) is 0 Å². The van der Waals surface area contributed by atoms with Crippen molar-refractivity contribution in [1.82, 2.24) is 5.32 Å². The van der Waals surface area contributed by atoms with Gasteiger partial charge in [0.2, 0.25) is 0 Å². The van der Waals surface area contributed by atoms with Gasteiger partial charge in [0.15, 0.2) is 0 Å². The highest BCUT2D eigenvalue weighted by Gasteiger charge is 2.28. The van der Waals surface area contributed by atoms with E-state index in [1.807, 2.05) is 24.3 Å². The summed E-state index contributed by atoms with van der Waals surface area (Å²) < 4.78 is 5.24. The lowest BCUT2D eigenvalue weighted by atomic mass is 9.98. The van der Waals surface area contributed by atoms with Gasteiger partial charge in [0.05, 0.1) is 0 Å². The van der Waals surface area contributed by atoms with Gasteiger partial charge < -0.3 is 15.2 Å². The highest BCUT2D eigenvalue weighted by molar-refractivity contribution is 5.79. The van der Waals surface area contributed by atoms with Crippen molar-refractivity contribution in [3.63, 3.8) is 0 Å². The first-order valence-corrected chi connectivity index (χ1v) is 9.24. The van der Waals surface area contributed by atoms with Crippen LogP contribution in [0.2, 0.25) is 0 Å². The number of nitrogens with one attached hydrogen (secondary N) is 1. The van der Waals surface area contributed by atoms with Gasteiger partial charge in [-0.05, 0) is 22.3 Å². The number of ether oxygens (including phenoxy) is 1. The maximum absolute atomic E-state index is 11.3. The molecule has 0 fully saturated rings. The molecule has 0 aliphatic heterocycles. The lowest BCUT2D eigenvalue weighted by molar-refractivity contribution is -0.136. The minimum atomic E-state index is -0.745. The summed E-state index contributed by atoms with van der Waals surface area (Å²) in [5.41, 5.74) is 4.94. The first-order valence-electron chi connectivity index (χ1n) is 9.24. The first-order chi connectivity index (χ1) is 13.0. The second kappa shape index (κ2) is 11.7. The highest BCUT2D eigenvalue weighted by atomic mass is 16.5. The van der Waals surface area contributed by atoms with E-state index in [4.69, 9.17) is 9.84 Å². The van der Waals surface area contributed by atoms with Gasteiger partial charge in [-0.25, -0.2) is 4.79 Å². The fraction of sp³-hybridized carbons (Fsp3) is 0.364. The molecule has 0 saturated carbocycles. The molecule has 5 nitrogen and oxygen atoms in total. The number of rotatable bonds is 3. The van der Waals surface area contributed by atoms with Crippen LogP contribution in [0.15, 0.2) is 48.5 Å². The molecule has 27 heavy (non-hydrogen) atoms. The molecule has 0 atom stereocenters. The molecule has 0 saturated heterocycles. The summed E-state index contributed by atoms with van der Waals surface area (Å²) in [7, 11) is 1.57. The van der Waals surface area contributed by atoms with Gasteiger partial charge in [-0.1, -0.05) is 75.7 Å². The molecule has 2 aromatic carbocycles. The van der Waals surface area contributed by atoms with Crippen LogP contribution in [-0.4, -0.2) is 30.8 Å². The Morgan fingerprint density at radius 3 is 1.74 bits per heavy atom. The third-order valence-electron chi connectivity index (χ3n) is 3.85. The smallest absolute Gasteiger partial charge is 0.406 e. The number of benzene rings is 2. The van der Waals surface area contributed by atoms with Gasteiger partial charge >= 0.3 is 12.1 Å². The van der Waals surface area contributed by atoms with Crippen molar-refractivity contribution in [2.24, 2.45) is 0 Å². The predicted molar refractivity (Wildman–Crippen MR) is 108 cm³/mol. The Labute approximate surface area is 161 Å². The Morgan fingerprint density at radius 1 is 0.963 bits per heavy atom. The summed E-state index contributed by atoms with van der Waals surface area (Å²) in [6.07, 6.45) is 1.09. The molecule has 0 unspecified atom stereocenters. The van der Waals surface area contributed by atoms with E-state index in [1.54, 1.807) is 14.0 Å². The molecule has 0 heterocycles. The van der Waals surface area contributed by atoms with Gasteiger partial charge in [-0.3, -0.25) is 4.79 Å². The lowest BCUT2D eigenvalue weighted by Gasteiger charge is -2.13. The molecule has 3 rings (SSSR count). The molecule has 1 aliphatic carbocycles. The Balaban J connectivity index is 0.000000390. The van der Waals surface area contributed by atoms with Crippen molar-refractivity contribution >= 4 is 12.1 Å². The summed E-state index contributed by atoms with van der Waals surface area (Å²) in [5.74, 6) is -0.616. The average molecular weight is 371 g/mol. The van der Waals surface area contributed by atoms with Crippen molar-refractivity contribution in [2.75, 3.05) is 13.7 Å². The van der Waals surface area contributed by atoms with Crippen LogP contribution in [0, 0.1) is 0 Å². The van der Waals surface area contributed by atoms with E-state index in [2.05, 4.69) is 43.4 Å². The number of amides is 1. The van der Waals surface area contributed by atoms with Crippen molar-refractivity contribution in [2.45, 2.75) is 39.5 Å². The van der Waals surface area contributed by atoms with Crippen LogP contribution in [0.4, 0.5) is 4.79 Å². The monoisotopic (exact) mass is 371 g/mol. The molecular formula is C22H29NO4. The summed E-state index contributed by atoms with van der Waals surface area (Å²) in [6, 6.07) is 16.6. The Bertz CT molecular complexity index is 697. The maximum atomic E-state index is 11.3. The molecular weight excluding hydrogens is 342 g/mol. The predicted octanol–water partition coefficient (Wildman–Crippen LogP) is 5.05. The zero-order valence-corrected chi connectivity index (χ0v) is 16.5. The number of hydrogen-bond acceptors (Lipinski definition) is 3. The van der Waals surface area contributed by atoms with Crippen molar-refractivity contribution < 1.29 is 19.4 Å². The van der Waals surface area contributed by atoms with Crippen LogP contribution in [0.25, 0.3) is 11.1 Å². The maximum Gasteiger partial charge on any atom is 0.406 e. The number of carboxylic acid groups (broad SMARTS) is 1. The van der Waals surface area contributed by atoms with Crippen LogP contribution in [0.3, 0.4) is 0 Å². The summed E-state index contributed by atoms with van der Waals surface area (Å²) in [6.45, 7) is 6.22. The Hall–Kier alpha value is -2.82. The lowest BCUT2D eigenvalue weighted by Crippen LogP contribution is -2.21. The van der Waals surface area contributed by atoms with Gasteiger partial charge in [0.25, 0.3) is 0 Å². The molecule has 0 bridgehead atoms. The Morgan fingerprint density at radius 2 is 1.37 bits per heavy atom. The van der Waals surface area contributed by atoms with E-state index in [1.165, 1.54) is 28.7 Å². The minimum absolute atomic E-state index is 0.129. The normalized spacial score (nSPS) is 11.0.